The van der Waals surface area contributed by atoms with Crippen LogP contribution in [-0.4, -0.2) is 33.6 Å². The van der Waals surface area contributed by atoms with E-state index in [9.17, 15) is 4.79 Å². The largest absolute Gasteiger partial charge is 0.486 e. The summed E-state index contributed by atoms with van der Waals surface area (Å²) in [7, 11) is 0. The minimum Gasteiger partial charge on any atom is -0.486 e. The molecule has 0 spiro atoms. The fourth-order valence-corrected chi connectivity index (χ4v) is 2.53. The van der Waals surface area contributed by atoms with Gasteiger partial charge in [-0.3, -0.25) is 4.79 Å². The van der Waals surface area contributed by atoms with E-state index in [4.69, 9.17) is 9.84 Å². The second-order valence-electron chi connectivity index (χ2n) is 5.82. The van der Waals surface area contributed by atoms with E-state index in [1.165, 1.54) is 0 Å². The Hall–Kier alpha value is -2.86. The van der Waals surface area contributed by atoms with Gasteiger partial charge in [-0.15, -0.1) is 0 Å². The maximum atomic E-state index is 12.2. The lowest BCUT2D eigenvalue weighted by Crippen LogP contribution is -2.25. The Kier molecular flexibility index (Phi) is 5.30. The molecule has 1 amide bonds. The van der Waals surface area contributed by atoms with Crippen molar-refractivity contribution >= 4 is 11.6 Å². The number of pyridine rings is 1. The monoisotopic (exact) mass is 339 g/mol. The summed E-state index contributed by atoms with van der Waals surface area (Å²) in [5.74, 6) is 0.298. The predicted octanol–water partition coefficient (Wildman–Crippen LogP) is 2.33. The van der Waals surface area contributed by atoms with Crippen LogP contribution in [0.3, 0.4) is 0 Å². The minimum atomic E-state index is -0.213. The Bertz CT molecular complexity index is 873. The van der Waals surface area contributed by atoms with Gasteiger partial charge in [0.2, 0.25) is 0 Å². The van der Waals surface area contributed by atoms with Gasteiger partial charge in [-0.25, -0.2) is 4.98 Å². The van der Waals surface area contributed by atoms with Crippen LogP contribution in [0.2, 0.25) is 0 Å². The molecule has 0 saturated carbocycles. The first-order valence-electron chi connectivity index (χ1n) is 8.22. The summed E-state index contributed by atoms with van der Waals surface area (Å²) in [5, 5.41) is 11.6. The van der Waals surface area contributed by atoms with Crippen molar-refractivity contribution in [3.63, 3.8) is 0 Å². The molecule has 0 saturated heterocycles. The Morgan fingerprint density at radius 2 is 2.08 bits per heavy atom. The molecule has 0 bridgehead atoms. The van der Waals surface area contributed by atoms with Crippen LogP contribution in [0.4, 0.5) is 0 Å². The van der Waals surface area contributed by atoms with Crippen LogP contribution in [0, 0.1) is 6.92 Å². The van der Waals surface area contributed by atoms with Crippen molar-refractivity contribution in [3.05, 3.63) is 65.6 Å². The Morgan fingerprint density at radius 1 is 1.24 bits per heavy atom. The molecule has 0 unspecified atom stereocenters. The number of carbonyl (C=O) groups excluding carboxylic acids is 1. The Morgan fingerprint density at radius 3 is 2.92 bits per heavy atom. The van der Waals surface area contributed by atoms with Gasteiger partial charge in [0.25, 0.3) is 5.91 Å². The van der Waals surface area contributed by atoms with Gasteiger partial charge >= 0.3 is 0 Å². The first-order valence-corrected chi connectivity index (χ1v) is 8.22. The number of rotatable bonds is 7. The molecule has 130 valence electrons. The van der Waals surface area contributed by atoms with E-state index >= 15 is 0 Å². The zero-order valence-electron chi connectivity index (χ0n) is 14.1. The van der Waals surface area contributed by atoms with Crippen LogP contribution in [-0.2, 0) is 6.61 Å². The molecule has 0 radical (unpaired) electrons. The van der Waals surface area contributed by atoms with Gasteiger partial charge in [0.15, 0.2) is 0 Å². The SMILES string of the molecule is Cc1ccc2nc(COc3ccccc3C(=O)NCCCO)cn2c1. The Balaban J connectivity index is 1.70. The average molecular weight is 339 g/mol. The highest BCUT2D eigenvalue weighted by molar-refractivity contribution is 5.96. The van der Waals surface area contributed by atoms with E-state index in [1.807, 2.05) is 41.9 Å². The van der Waals surface area contributed by atoms with E-state index in [-0.39, 0.29) is 19.1 Å². The van der Waals surface area contributed by atoms with Gasteiger partial charge in [0, 0.05) is 25.5 Å². The molecule has 2 aromatic heterocycles. The molecule has 3 rings (SSSR count). The first kappa shape index (κ1) is 17.0. The summed E-state index contributed by atoms with van der Waals surface area (Å²) >= 11 is 0. The summed E-state index contributed by atoms with van der Waals surface area (Å²) in [5.41, 5.74) is 3.28. The number of aromatic nitrogens is 2. The van der Waals surface area contributed by atoms with E-state index in [0.717, 1.165) is 16.9 Å². The van der Waals surface area contributed by atoms with Gasteiger partial charge in [-0.1, -0.05) is 18.2 Å². The van der Waals surface area contributed by atoms with Crippen LogP contribution in [0.5, 0.6) is 5.75 Å². The van der Waals surface area contributed by atoms with Gasteiger partial charge < -0.3 is 19.6 Å². The number of amides is 1. The number of aliphatic hydroxyl groups is 1. The number of hydrogen-bond acceptors (Lipinski definition) is 4. The number of aryl methyl sites for hydroxylation is 1. The number of aliphatic hydroxyl groups excluding tert-OH is 1. The molecule has 0 fully saturated rings. The highest BCUT2D eigenvalue weighted by atomic mass is 16.5. The molecule has 25 heavy (non-hydrogen) atoms. The van der Waals surface area contributed by atoms with Crippen LogP contribution in [0.1, 0.15) is 28.0 Å². The molecule has 1 aromatic carbocycles. The van der Waals surface area contributed by atoms with Gasteiger partial charge in [-0.2, -0.15) is 0 Å². The van der Waals surface area contributed by atoms with Crippen molar-refractivity contribution in [3.8, 4) is 5.75 Å². The normalized spacial score (nSPS) is 10.8. The number of nitrogens with zero attached hydrogens (tertiary/aromatic N) is 2. The number of ether oxygens (including phenoxy) is 1. The maximum absolute atomic E-state index is 12.2. The van der Waals surface area contributed by atoms with Crippen molar-refractivity contribution < 1.29 is 14.6 Å². The standard InChI is InChI=1S/C19H21N3O3/c1-14-7-8-18-21-15(12-22(18)11-14)13-25-17-6-3-2-5-16(17)19(24)20-9-4-10-23/h2-3,5-8,11-12,23H,4,9-10,13H2,1H3,(H,20,24). The molecule has 0 aliphatic carbocycles. The van der Waals surface area contributed by atoms with Crippen molar-refractivity contribution in [2.45, 2.75) is 20.0 Å². The average Bonchev–Trinajstić information content (AvgIpc) is 3.02. The number of fused-ring (bicyclic) bond motifs is 1. The van der Waals surface area contributed by atoms with Crippen LogP contribution in [0.15, 0.2) is 48.8 Å². The number of hydrogen-bond donors (Lipinski definition) is 2. The van der Waals surface area contributed by atoms with Crippen LogP contribution < -0.4 is 10.1 Å². The number of benzene rings is 1. The van der Waals surface area contributed by atoms with E-state index < -0.39 is 0 Å². The van der Waals surface area contributed by atoms with Crippen LogP contribution in [0.25, 0.3) is 5.65 Å². The molecule has 2 N–H and O–H groups in total. The maximum Gasteiger partial charge on any atom is 0.255 e. The smallest absolute Gasteiger partial charge is 0.255 e. The second kappa shape index (κ2) is 7.81. The fraction of sp³-hybridized carbons (Fsp3) is 0.263. The number of carbonyl (C=O) groups is 1. The van der Waals surface area contributed by atoms with Crippen molar-refractivity contribution in [2.24, 2.45) is 0 Å². The molecule has 0 atom stereocenters. The summed E-state index contributed by atoms with van der Waals surface area (Å²) in [4.78, 5) is 16.8. The fourth-order valence-electron chi connectivity index (χ4n) is 2.53. The molecule has 2 heterocycles. The lowest BCUT2D eigenvalue weighted by Gasteiger charge is -2.10. The molecule has 6 heteroatoms. The first-order chi connectivity index (χ1) is 12.2. The van der Waals surface area contributed by atoms with E-state index in [1.54, 1.807) is 18.2 Å². The number of nitrogens with one attached hydrogen (secondary N) is 1. The number of imidazole rings is 1. The third-order valence-electron chi connectivity index (χ3n) is 3.78. The Labute approximate surface area is 146 Å². The lowest BCUT2D eigenvalue weighted by molar-refractivity contribution is 0.0946. The lowest BCUT2D eigenvalue weighted by atomic mass is 10.2. The van der Waals surface area contributed by atoms with Gasteiger partial charge in [0.1, 0.15) is 18.0 Å². The molecule has 3 aromatic rings. The molecule has 0 aliphatic heterocycles. The van der Waals surface area contributed by atoms with Crippen LogP contribution >= 0.6 is 0 Å². The quantitative estimate of drug-likeness (QED) is 0.648. The summed E-state index contributed by atoms with van der Waals surface area (Å²) in [6.07, 6.45) is 4.45. The third kappa shape index (κ3) is 4.16. The summed E-state index contributed by atoms with van der Waals surface area (Å²) in [6, 6.07) is 11.1. The predicted molar refractivity (Wildman–Crippen MR) is 94.7 cm³/mol. The highest BCUT2D eigenvalue weighted by Gasteiger charge is 2.12. The third-order valence-corrected chi connectivity index (χ3v) is 3.78. The van der Waals surface area contributed by atoms with E-state index in [0.29, 0.717) is 24.3 Å². The zero-order chi connectivity index (χ0) is 17.6. The number of para-hydroxylation sites is 1. The van der Waals surface area contributed by atoms with Crippen molar-refractivity contribution in [2.75, 3.05) is 13.2 Å². The van der Waals surface area contributed by atoms with Gasteiger partial charge in [0.05, 0.1) is 11.3 Å². The molecule has 0 aliphatic rings. The molecule has 6 nitrogen and oxygen atoms in total. The highest BCUT2D eigenvalue weighted by Crippen LogP contribution is 2.19. The summed E-state index contributed by atoms with van der Waals surface area (Å²) in [6.45, 7) is 2.78. The van der Waals surface area contributed by atoms with Crippen molar-refractivity contribution in [1.29, 1.82) is 0 Å². The second-order valence-corrected chi connectivity index (χ2v) is 5.82. The minimum absolute atomic E-state index is 0.0474. The zero-order valence-corrected chi connectivity index (χ0v) is 14.1. The molecular formula is C19H21N3O3. The van der Waals surface area contributed by atoms with Gasteiger partial charge in [-0.05, 0) is 37.1 Å². The summed E-state index contributed by atoms with van der Waals surface area (Å²) < 4.78 is 7.78. The van der Waals surface area contributed by atoms with Crippen molar-refractivity contribution in [1.82, 2.24) is 14.7 Å². The topological polar surface area (TPSA) is 75.9 Å². The van der Waals surface area contributed by atoms with E-state index in [2.05, 4.69) is 10.3 Å². The molecular weight excluding hydrogens is 318 g/mol.